The van der Waals surface area contributed by atoms with Crippen molar-refractivity contribution in [2.75, 3.05) is 26.8 Å². The SMILES string of the molecule is COCC(=O)N1CCC(NC(=O)c2cccnc2F)CC1. The average molecular weight is 295 g/mol. The fraction of sp³-hybridized carbons (Fsp3) is 0.500. The molecule has 2 rings (SSSR count). The first kappa shape index (κ1) is 15.4. The van der Waals surface area contributed by atoms with Crippen molar-refractivity contribution < 1.29 is 18.7 Å². The van der Waals surface area contributed by atoms with Crippen LogP contribution in [0.3, 0.4) is 0 Å². The zero-order valence-electron chi connectivity index (χ0n) is 11.8. The standard InChI is InChI=1S/C14H18FN3O3/c1-21-9-12(19)18-7-4-10(5-8-18)17-14(20)11-3-2-6-16-13(11)15/h2-3,6,10H,4-5,7-9H2,1H3,(H,17,20). The number of methoxy groups -OCH3 is 1. The van der Waals surface area contributed by atoms with Gasteiger partial charge in [-0.25, -0.2) is 4.98 Å². The van der Waals surface area contributed by atoms with Gasteiger partial charge in [-0.3, -0.25) is 9.59 Å². The number of aromatic nitrogens is 1. The summed E-state index contributed by atoms with van der Waals surface area (Å²) in [7, 11) is 1.48. The molecular formula is C14H18FN3O3. The van der Waals surface area contributed by atoms with Crippen LogP contribution in [0.15, 0.2) is 18.3 Å². The van der Waals surface area contributed by atoms with Gasteiger partial charge in [0, 0.05) is 32.4 Å². The van der Waals surface area contributed by atoms with Crippen molar-refractivity contribution in [2.24, 2.45) is 0 Å². The molecule has 0 atom stereocenters. The highest BCUT2D eigenvalue weighted by atomic mass is 19.1. The number of nitrogens with zero attached hydrogens (tertiary/aromatic N) is 2. The van der Waals surface area contributed by atoms with Crippen LogP contribution in [0.4, 0.5) is 4.39 Å². The maximum atomic E-state index is 13.4. The number of ether oxygens (including phenoxy) is 1. The van der Waals surface area contributed by atoms with Gasteiger partial charge in [-0.1, -0.05) is 0 Å². The first-order valence-corrected chi connectivity index (χ1v) is 6.80. The van der Waals surface area contributed by atoms with Gasteiger partial charge in [-0.15, -0.1) is 0 Å². The summed E-state index contributed by atoms with van der Waals surface area (Å²) in [6.45, 7) is 1.18. The van der Waals surface area contributed by atoms with Crippen molar-refractivity contribution in [3.8, 4) is 0 Å². The Morgan fingerprint density at radius 2 is 2.19 bits per heavy atom. The van der Waals surface area contributed by atoms with Crippen LogP contribution in [0.2, 0.25) is 0 Å². The van der Waals surface area contributed by atoms with E-state index in [0.29, 0.717) is 25.9 Å². The Labute approximate surface area is 122 Å². The van der Waals surface area contributed by atoms with Gasteiger partial charge in [0.05, 0.1) is 5.56 Å². The van der Waals surface area contributed by atoms with Gasteiger partial charge in [0.1, 0.15) is 6.61 Å². The lowest BCUT2D eigenvalue weighted by Crippen LogP contribution is -2.47. The Kier molecular flexibility index (Phi) is 5.21. The van der Waals surface area contributed by atoms with Gasteiger partial charge in [0.25, 0.3) is 5.91 Å². The third-order valence-electron chi connectivity index (χ3n) is 3.45. The monoisotopic (exact) mass is 295 g/mol. The smallest absolute Gasteiger partial charge is 0.256 e. The van der Waals surface area contributed by atoms with E-state index in [1.54, 1.807) is 4.90 Å². The first-order valence-electron chi connectivity index (χ1n) is 6.80. The average Bonchev–Trinajstić information content (AvgIpc) is 2.48. The summed E-state index contributed by atoms with van der Waals surface area (Å²) in [4.78, 5) is 28.8. The zero-order chi connectivity index (χ0) is 15.2. The molecule has 2 heterocycles. The quantitative estimate of drug-likeness (QED) is 0.825. The highest BCUT2D eigenvalue weighted by Gasteiger charge is 2.24. The number of pyridine rings is 1. The molecule has 0 spiro atoms. The predicted octanol–water partition coefficient (Wildman–Crippen LogP) is 0.588. The van der Waals surface area contributed by atoms with E-state index in [1.165, 1.54) is 25.4 Å². The second-order valence-corrected chi connectivity index (χ2v) is 4.90. The van der Waals surface area contributed by atoms with E-state index in [4.69, 9.17) is 4.74 Å². The lowest BCUT2D eigenvalue weighted by molar-refractivity contribution is -0.136. The molecule has 1 aromatic rings. The molecule has 114 valence electrons. The van der Waals surface area contributed by atoms with Gasteiger partial charge in [0.2, 0.25) is 11.9 Å². The van der Waals surface area contributed by atoms with Crippen LogP contribution >= 0.6 is 0 Å². The van der Waals surface area contributed by atoms with Gasteiger partial charge < -0.3 is 15.0 Å². The third-order valence-corrected chi connectivity index (χ3v) is 3.45. The summed E-state index contributed by atoms with van der Waals surface area (Å²) >= 11 is 0. The van der Waals surface area contributed by atoms with Crippen LogP contribution in [0.25, 0.3) is 0 Å². The van der Waals surface area contributed by atoms with Crippen molar-refractivity contribution >= 4 is 11.8 Å². The van der Waals surface area contributed by atoms with Crippen molar-refractivity contribution in [2.45, 2.75) is 18.9 Å². The van der Waals surface area contributed by atoms with Gasteiger partial charge in [-0.2, -0.15) is 4.39 Å². The number of rotatable bonds is 4. The molecule has 1 fully saturated rings. The number of piperidine rings is 1. The van der Waals surface area contributed by atoms with Crippen LogP contribution in [-0.2, 0) is 9.53 Å². The molecule has 0 unspecified atom stereocenters. The summed E-state index contributed by atoms with van der Waals surface area (Å²) in [5, 5.41) is 2.78. The van der Waals surface area contributed by atoms with E-state index >= 15 is 0 Å². The summed E-state index contributed by atoms with van der Waals surface area (Å²) in [5.41, 5.74) is -0.0598. The lowest BCUT2D eigenvalue weighted by atomic mass is 10.0. The Morgan fingerprint density at radius 1 is 1.48 bits per heavy atom. The van der Waals surface area contributed by atoms with E-state index in [0.717, 1.165) is 0 Å². The largest absolute Gasteiger partial charge is 0.375 e. The summed E-state index contributed by atoms with van der Waals surface area (Å²) < 4.78 is 18.2. The molecule has 2 amide bonds. The molecule has 0 saturated carbocycles. The molecule has 6 nitrogen and oxygen atoms in total. The fourth-order valence-electron chi connectivity index (χ4n) is 2.31. The molecule has 1 N–H and O–H groups in total. The van der Waals surface area contributed by atoms with Crippen LogP contribution < -0.4 is 5.32 Å². The Hall–Kier alpha value is -2.02. The van der Waals surface area contributed by atoms with Crippen LogP contribution in [-0.4, -0.2) is 54.5 Å². The van der Waals surface area contributed by atoms with Crippen molar-refractivity contribution in [3.05, 3.63) is 29.8 Å². The van der Waals surface area contributed by atoms with Crippen molar-refractivity contribution in [3.63, 3.8) is 0 Å². The molecule has 1 aromatic heterocycles. The minimum absolute atomic E-state index is 0.0550. The predicted molar refractivity (Wildman–Crippen MR) is 73.1 cm³/mol. The molecule has 1 saturated heterocycles. The number of hydrogen-bond donors (Lipinski definition) is 1. The van der Waals surface area contributed by atoms with Gasteiger partial charge in [0.15, 0.2) is 0 Å². The number of amides is 2. The topological polar surface area (TPSA) is 71.5 Å². The second-order valence-electron chi connectivity index (χ2n) is 4.90. The number of nitrogens with one attached hydrogen (secondary N) is 1. The number of halogens is 1. The Balaban J connectivity index is 1.85. The van der Waals surface area contributed by atoms with Crippen molar-refractivity contribution in [1.82, 2.24) is 15.2 Å². The van der Waals surface area contributed by atoms with Crippen molar-refractivity contribution in [1.29, 1.82) is 0 Å². The first-order chi connectivity index (χ1) is 10.1. The Morgan fingerprint density at radius 3 is 2.81 bits per heavy atom. The fourth-order valence-corrected chi connectivity index (χ4v) is 2.31. The van der Waals surface area contributed by atoms with E-state index in [9.17, 15) is 14.0 Å². The number of carbonyl (C=O) groups excluding carboxylic acids is 2. The molecule has 0 aromatic carbocycles. The van der Waals surface area contributed by atoms with Crippen LogP contribution in [0.5, 0.6) is 0 Å². The summed E-state index contributed by atoms with van der Waals surface area (Å²) in [6, 6.07) is 2.85. The van der Waals surface area contributed by atoms with Gasteiger partial charge >= 0.3 is 0 Å². The highest BCUT2D eigenvalue weighted by molar-refractivity contribution is 5.94. The van der Waals surface area contributed by atoms with Gasteiger partial charge in [-0.05, 0) is 25.0 Å². The molecule has 0 aliphatic carbocycles. The molecule has 0 bridgehead atoms. The number of hydrogen-bond acceptors (Lipinski definition) is 4. The minimum atomic E-state index is -0.775. The molecule has 0 radical (unpaired) electrons. The zero-order valence-corrected chi connectivity index (χ0v) is 11.8. The summed E-state index contributed by atoms with van der Waals surface area (Å²) in [6.07, 6.45) is 2.58. The molecule has 1 aliphatic heterocycles. The summed E-state index contributed by atoms with van der Waals surface area (Å²) in [5.74, 6) is -1.30. The normalized spacial score (nSPS) is 15.8. The molecule has 1 aliphatic rings. The van der Waals surface area contributed by atoms with E-state index in [2.05, 4.69) is 10.3 Å². The third kappa shape index (κ3) is 3.98. The molecular weight excluding hydrogens is 277 g/mol. The lowest BCUT2D eigenvalue weighted by Gasteiger charge is -2.32. The van der Waals surface area contributed by atoms with Crippen LogP contribution in [0.1, 0.15) is 23.2 Å². The highest BCUT2D eigenvalue weighted by Crippen LogP contribution is 2.12. The van der Waals surface area contributed by atoms with E-state index in [-0.39, 0.29) is 24.1 Å². The van der Waals surface area contributed by atoms with E-state index in [1.807, 2.05) is 0 Å². The maximum absolute atomic E-state index is 13.4. The molecule has 21 heavy (non-hydrogen) atoms. The Bertz CT molecular complexity index is 516. The van der Waals surface area contributed by atoms with Crippen LogP contribution in [0, 0.1) is 5.95 Å². The number of carbonyl (C=O) groups is 2. The van der Waals surface area contributed by atoms with E-state index < -0.39 is 11.9 Å². The molecule has 7 heteroatoms. The second kappa shape index (κ2) is 7.12. The maximum Gasteiger partial charge on any atom is 0.256 e. The number of likely N-dealkylation sites (tertiary alicyclic amines) is 1. The minimum Gasteiger partial charge on any atom is -0.375 e.